The van der Waals surface area contributed by atoms with Gasteiger partial charge in [-0.3, -0.25) is 9.78 Å². The molecular weight excluding hydrogens is 372 g/mol. The zero-order chi connectivity index (χ0) is 14.8. The van der Waals surface area contributed by atoms with Crippen LogP contribution in [0.15, 0.2) is 40.3 Å². The Morgan fingerprint density at radius 3 is 2.95 bits per heavy atom. The second-order valence-electron chi connectivity index (χ2n) is 4.21. The number of thiophene rings is 1. The van der Waals surface area contributed by atoms with Gasteiger partial charge in [-0.05, 0) is 40.2 Å². The van der Waals surface area contributed by atoms with Gasteiger partial charge in [-0.15, -0.1) is 22.7 Å². The van der Waals surface area contributed by atoms with Gasteiger partial charge in [-0.1, -0.05) is 0 Å². The molecule has 0 saturated carbocycles. The highest BCUT2D eigenvalue weighted by molar-refractivity contribution is 9.10. The molecule has 0 bridgehead atoms. The molecule has 0 fully saturated rings. The fourth-order valence-corrected chi connectivity index (χ4v) is 4.23. The number of hydrogen-bond donors (Lipinski definition) is 1. The van der Waals surface area contributed by atoms with Crippen LogP contribution >= 0.6 is 38.6 Å². The fraction of sp³-hybridized carbons (Fsp3) is 0.0714. The summed E-state index contributed by atoms with van der Waals surface area (Å²) in [5.41, 5.74) is 1.67. The molecule has 0 atom stereocenters. The van der Waals surface area contributed by atoms with Crippen LogP contribution in [-0.2, 0) is 11.2 Å². The van der Waals surface area contributed by atoms with Gasteiger partial charge in [0.2, 0.25) is 0 Å². The normalized spacial score (nSPS) is 10.7. The fourth-order valence-electron chi connectivity index (χ4n) is 1.80. The first-order valence-electron chi connectivity index (χ1n) is 6.01. The quantitative estimate of drug-likeness (QED) is 0.731. The number of nitrogens with zero attached hydrogens (tertiary/aromatic N) is 2. The maximum Gasteiger partial charge on any atom is 0.308 e. The van der Waals surface area contributed by atoms with E-state index < -0.39 is 5.97 Å². The molecule has 0 radical (unpaired) electrons. The first-order valence-corrected chi connectivity index (χ1v) is 8.49. The van der Waals surface area contributed by atoms with Gasteiger partial charge in [0.15, 0.2) is 0 Å². The highest BCUT2D eigenvalue weighted by Gasteiger charge is 2.12. The number of rotatable bonds is 4. The van der Waals surface area contributed by atoms with Gasteiger partial charge in [0.05, 0.1) is 17.0 Å². The van der Waals surface area contributed by atoms with E-state index in [1.807, 2.05) is 29.6 Å². The van der Waals surface area contributed by atoms with E-state index in [9.17, 15) is 4.79 Å². The lowest BCUT2D eigenvalue weighted by Gasteiger charge is -1.97. The molecule has 3 heterocycles. The second kappa shape index (κ2) is 6.05. The van der Waals surface area contributed by atoms with Crippen molar-refractivity contribution in [1.29, 1.82) is 0 Å². The third-order valence-electron chi connectivity index (χ3n) is 2.70. The molecule has 21 heavy (non-hydrogen) atoms. The lowest BCUT2D eigenvalue weighted by Crippen LogP contribution is -1.96. The van der Waals surface area contributed by atoms with Crippen molar-refractivity contribution in [2.75, 3.05) is 0 Å². The summed E-state index contributed by atoms with van der Waals surface area (Å²) < 4.78 is 0.906. The van der Waals surface area contributed by atoms with Gasteiger partial charge < -0.3 is 5.11 Å². The van der Waals surface area contributed by atoms with Crippen LogP contribution in [0.25, 0.3) is 21.3 Å². The van der Waals surface area contributed by atoms with Gasteiger partial charge in [0.25, 0.3) is 0 Å². The summed E-state index contributed by atoms with van der Waals surface area (Å²) in [5, 5.41) is 11.6. The van der Waals surface area contributed by atoms with Crippen molar-refractivity contribution < 1.29 is 9.90 Å². The molecule has 0 amide bonds. The molecule has 0 aromatic carbocycles. The van der Waals surface area contributed by atoms with E-state index in [0.29, 0.717) is 0 Å². The molecule has 0 aliphatic rings. The minimum Gasteiger partial charge on any atom is -0.481 e. The lowest BCUT2D eigenvalue weighted by molar-refractivity contribution is -0.136. The lowest BCUT2D eigenvalue weighted by atomic mass is 10.3. The standard InChI is InChI=1S/C14H9BrN2O2S2/c15-9-2-1-5-16-13(9)14-17-10(7-20-14)11-4-3-8(21-11)6-12(18)19/h1-5,7H,6H2,(H,18,19). The third-order valence-corrected chi connectivity index (χ3v) is 5.30. The van der Waals surface area contributed by atoms with Crippen LogP contribution in [0, 0.1) is 0 Å². The summed E-state index contributed by atoms with van der Waals surface area (Å²) in [7, 11) is 0. The molecule has 1 N–H and O–H groups in total. The number of halogens is 1. The first kappa shape index (κ1) is 14.4. The van der Waals surface area contributed by atoms with Gasteiger partial charge in [-0.2, -0.15) is 0 Å². The van der Waals surface area contributed by atoms with Crippen LogP contribution in [0.5, 0.6) is 0 Å². The van der Waals surface area contributed by atoms with Crippen molar-refractivity contribution in [3.63, 3.8) is 0 Å². The molecule has 4 nitrogen and oxygen atoms in total. The minimum atomic E-state index is -0.820. The smallest absolute Gasteiger partial charge is 0.308 e. The third kappa shape index (κ3) is 3.20. The Kier molecular flexibility index (Phi) is 4.14. The van der Waals surface area contributed by atoms with Gasteiger partial charge in [0, 0.05) is 20.9 Å². The zero-order valence-electron chi connectivity index (χ0n) is 10.6. The molecule has 0 aliphatic heterocycles. The molecule has 7 heteroatoms. The summed E-state index contributed by atoms with van der Waals surface area (Å²) >= 11 is 6.45. The van der Waals surface area contributed by atoms with E-state index in [2.05, 4.69) is 25.9 Å². The number of thiazole rings is 1. The van der Waals surface area contributed by atoms with Crippen molar-refractivity contribution in [1.82, 2.24) is 9.97 Å². The highest BCUT2D eigenvalue weighted by Crippen LogP contribution is 2.34. The number of carboxylic acids is 1. The van der Waals surface area contributed by atoms with Crippen molar-refractivity contribution >= 4 is 44.6 Å². The van der Waals surface area contributed by atoms with Crippen molar-refractivity contribution in [3.05, 3.63) is 45.2 Å². The summed E-state index contributed by atoms with van der Waals surface area (Å²) in [6.07, 6.45) is 1.78. The minimum absolute atomic E-state index is 0.0491. The van der Waals surface area contributed by atoms with Crippen LogP contribution in [0.3, 0.4) is 0 Å². The zero-order valence-corrected chi connectivity index (χ0v) is 13.8. The van der Waals surface area contributed by atoms with Gasteiger partial charge >= 0.3 is 5.97 Å². The Morgan fingerprint density at radius 2 is 2.19 bits per heavy atom. The summed E-state index contributed by atoms with van der Waals surface area (Å²) in [6.45, 7) is 0. The molecule has 0 spiro atoms. The van der Waals surface area contributed by atoms with Crippen LogP contribution in [0.2, 0.25) is 0 Å². The van der Waals surface area contributed by atoms with Gasteiger partial charge in [0.1, 0.15) is 10.7 Å². The molecular formula is C14H9BrN2O2S2. The van der Waals surface area contributed by atoms with Crippen LogP contribution < -0.4 is 0 Å². The van der Waals surface area contributed by atoms with Crippen molar-refractivity contribution in [3.8, 4) is 21.3 Å². The van der Waals surface area contributed by atoms with E-state index >= 15 is 0 Å². The Morgan fingerprint density at radius 1 is 1.33 bits per heavy atom. The number of aromatic nitrogens is 2. The van der Waals surface area contributed by atoms with E-state index in [1.54, 1.807) is 6.20 Å². The van der Waals surface area contributed by atoms with E-state index in [-0.39, 0.29) is 6.42 Å². The molecule has 106 valence electrons. The van der Waals surface area contributed by atoms with Gasteiger partial charge in [-0.25, -0.2) is 4.98 Å². The Hall–Kier alpha value is -1.57. The molecule has 3 rings (SSSR count). The maximum absolute atomic E-state index is 10.7. The molecule has 0 saturated heterocycles. The number of carbonyl (C=O) groups is 1. The topological polar surface area (TPSA) is 63.1 Å². The monoisotopic (exact) mass is 380 g/mol. The Bertz CT molecular complexity index is 798. The molecule has 0 unspecified atom stereocenters. The Labute approximate surface area is 137 Å². The van der Waals surface area contributed by atoms with Crippen molar-refractivity contribution in [2.45, 2.75) is 6.42 Å². The summed E-state index contributed by atoms with van der Waals surface area (Å²) in [6, 6.07) is 7.54. The highest BCUT2D eigenvalue weighted by atomic mass is 79.9. The van der Waals surface area contributed by atoms with Crippen LogP contribution in [-0.4, -0.2) is 21.0 Å². The van der Waals surface area contributed by atoms with Crippen LogP contribution in [0.1, 0.15) is 4.88 Å². The summed E-state index contributed by atoms with van der Waals surface area (Å²) in [5.74, 6) is -0.820. The SMILES string of the molecule is O=C(O)Cc1ccc(-c2csc(-c3ncccc3Br)n2)s1. The van der Waals surface area contributed by atoms with E-state index in [4.69, 9.17) is 5.11 Å². The first-order chi connectivity index (χ1) is 10.1. The predicted octanol–water partition coefficient (Wildman–Crippen LogP) is 4.32. The largest absolute Gasteiger partial charge is 0.481 e. The Balaban J connectivity index is 1.90. The number of aliphatic carboxylic acids is 1. The average Bonchev–Trinajstić information content (AvgIpc) is 3.07. The average molecular weight is 381 g/mol. The maximum atomic E-state index is 10.7. The second-order valence-corrected chi connectivity index (χ2v) is 7.09. The number of carboxylic acid groups (broad SMARTS) is 1. The van der Waals surface area contributed by atoms with E-state index in [0.717, 1.165) is 30.6 Å². The predicted molar refractivity (Wildman–Crippen MR) is 87.7 cm³/mol. The summed E-state index contributed by atoms with van der Waals surface area (Å²) in [4.78, 5) is 21.4. The number of pyridine rings is 1. The van der Waals surface area contributed by atoms with E-state index in [1.165, 1.54) is 22.7 Å². The van der Waals surface area contributed by atoms with Crippen LogP contribution in [0.4, 0.5) is 0 Å². The molecule has 3 aromatic heterocycles. The molecule has 3 aromatic rings. The number of hydrogen-bond acceptors (Lipinski definition) is 5. The van der Waals surface area contributed by atoms with Crippen molar-refractivity contribution in [2.24, 2.45) is 0 Å². The molecule has 0 aliphatic carbocycles.